The number of rotatable bonds is 7. The molecule has 1 N–H and O–H groups in total. The predicted molar refractivity (Wildman–Crippen MR) is 79.0 cm³/mol. The molecule has 21 heavy (non-hydrogen) atoms. The SMILES string of the molecule is CCNCc1ncoc1-c1ccc(OC)c(OC)c1OC. The average molecular weight is 292 g/mol. The van der Waals surface area contributed by atoms with E-state index in [0.717, 1.165) is 17.8 Å². The number of aromatic nitrogens is 1. The van der Waals surface area contributed by atoms with Gasteiger partial charge in [0.25, 0.3) is 0 Å². The van der Waals surface area contributed by atoms with Crippen LogP contribution in [0.15, 0.2) is 22.9 Å². The van der Waals surface area contributed by atoms with Crippen molar-refractivity contribution >= 4 is 0 Å². The van der Waals surface area contributed by atoms with Crippen molar-refractivity contribution in [2.45, 2.75) is 13.5 Å². The third-order valence-electron chi connectivity index (χ3n) is 3.13. The maximum Gasteiger partial charge on any atom is 0.204 e. The lowest BCUT2D eigenvalue weighted by Gasteiger charge is -2.15. The van der Waals surface area contributed by atoms with E-state index >= 15 is 0 Å². The fourth-order valence-corrected chi connectivity index (χ4v) is 2.14. The van der Waals surface area contributed by atoms with Gasteiger partial charge < -0.3 is 23.9 Å². The summed E-state index contributed by atoms with van der Waals surface area (Å²) in [4.78, 5) is 4.25. The molecule has 6 heteroatoms. The molecule has 0 atom stereocenters. The molecule has 0 aliphatic carbocycles. The van der Waals surface area contributed by atoms with E-state index in [1.807, 2.05) is 19.1 Å². The number of nitrogens with zero attached hydrogens (tertiary/aromatic N) is 1. The van der Waals surface area contributed by atoms with Crippen molar-refractivity contribution in [3.05, 3.63) is 24.2 Å². The van der Waals surface area contributed by atoms with Gasteiger partial charge in [0.1, 0.15) is 5.69 Å². The van der Waals surface area contributed by atoms with Crippen molar-refractivity contribution in [1.29, 1.82) is 0 Å². The molecule has 1 aromatic heterocycles. The van der Waals surface area contributed by atoms with E-state index < -0.39 is 0 Å². The third-order valence-corrected chi connectivity index (χ3v) is 3.13. The van der Waals surface area contributed by atoms with Crippen LogP contribution in [0, 0.1) is 0 Å². The van der Waals surface area contributed by atoms with Gasteiger partial charge in [-0.25, -0.2) is 4.98 Å². The largest absolute Gasteiger partial charge is 0.493 e. The smallest absolute Gasteiger partial charge is 0.204 e. The lowest BCUT2D eigenvalue weighted by atomic mass is 10.1. The van der Waals surface area contributed by atoms with Crippen molar-refractivity contribution in [2.24, 2.45) is 0 Å². The highest BCUT2D eigenvalue weighted by Crippen LogP contribution is 2.44. The Bertz CT molecular complexity index is 595. The molecule has 0 saturated carbocycles. The summed E-state index contributed by atoms with van der Waals surface area (Å²) in [5.41, 5.74) is 1.60. The van der Waals surface area contributed by atoms with Gasteiger partial charge in [-0.05, 0) is 18.7 Å². The molecule has 1 heterocycles. The van der Waals surface area contributed by atoms with Crippen molar-refractivity contribution < 1.29 is 18.6 Å². The molecule has 0 amide bonds. The summed E-state index contributed by atoms with van der Waals surface area (Å²) in [7, 11) is 4.74. The van der Waals surface area contributed by atoms with Gasteiger partial charge in [-0.3, -0.25) is 0 Å². The Hall–Kier alpha value is -2.21. The molecule has 114 valence electrons. The van der Waals surface area contributed by atoms with Gasteiger partial charge in [0.05, 0.1) is 26.9 Å². The second-order valence-electron chi connectivity index (χ2n) is 4.29. The van der Waals surface area contributed by atoms with Gasteiger partial charge in [0, 0.05) is 6.54 Å². The Kier molecular flexibility index (Phi) is 5.05. The van der Waals surface area contributed by atoms with E-state index in [1.54, 1.807) is 21.3 Å². The van der Waals surface area contributed by atoms with Crippen LogP contribution >= 0.6 is 0 Å². The minimum absolute atomic E-state index is 0.531. The maximum absolute atomic E-state index is 5.54. The minimum atomic E-state index is 0.531. The topological polar surface area (TPSA) is 65.8 Å². The van der Waals surface area contributed by atoms with Crippen LogP contribution in [0.2, 0.25) is 0 Å². The molecular formula is C15H20N2O4. The predicted octanol–water partition coefficient (Wildman–Crippen LogP) is 2.48. The molecular weight excluding hydrogens is 272 g/mol. The Labute approximate surface area is 124 Å². The monoisotopic (exact) mass is 292 g/mol. The Morgan fingerprint density at radius 3 is 2.48 bits per heavy atom. The van der Waals surface area contributed by atoms with Crippen LogP contribution in [-0.4, -0.2) is 32.9 Å². The van der Waals surface area contributed by atoms with E-state index in [9.17, 15) is 0 Å². The van der Waals surface area contributed by atoms with Gasteiger partial charge in [-0.2, -0.15) is 0 Å². The van der Waals surface area contributed by atoms with Crippen LogP contribution in [0.4, 0.5) is 0 Å². The first kappa shape index (κ1) is 15.2. The summed E-state index contributed by atoms with van der Waals surface area (Å²) in [6, 6.07) is 3.69. The summed E-state index contributed by atoms with van der Waals surface area (Å²) in [5.74, 6) is 2.36. The summed E-state index contributed by atoms with van der Waals surface area (Å²) in [6.45, 7) is 3.52. The lowest BCUT2D eigenvalue weighted by Crippen LogP contribution is -2.12. The van der Waals surface area contributed by atoms with Crippen LogP contribution in [0.25, 0.3) is 11.3 Å². The highest BCUT2D eigenvalue weighted by molar-refractivity contribution is 5.74. The second kappa shape index (κ2) is 6.99. The van der Waals surface area contributed by atoms with Crippen LogP contribution in [0.1, 0.15) is 12.6 Å². The van der Waals surface area contributed by atoms with Crippen molar-refractivity contribution in [3.8, 4) is 28.6 Å². The molecule has 6 nitrogen and oxygen atoms in total. The van der Waals surface area contributed by atoms with E-state index in [1.165, 1.54) is 6.39 Å². The number of hydrogen-bond donors (Lipinski definition) is 1. The van der Waals surface area contributed by atoms with Gasteiger partial charge in [0.15, 0.2) is 23.7 Å². The highest BCUT2D eigenvalue weighted by atomic mass is 16.5. The second-order valence-corrected chi connectivity index (χ2v) is 4.29. The standard InChI is InChI=1S/C15H20N2O4/c1-5-16-8-11-13(21-9-17-11)10-6-7-12(18-2)15(20-4)14(10)19-3/h6-7,9,16H,5,8H2,1-4H3. The maximum atomic E-state index is 5.54. The molecule has 2 rings (SSSR count). The molecule has 1 aromatic carbocycles. The first-order chi connectivity index (χ1) is 10.3. The molecule has 0 radical (unpaired) electrons. The average Bonchev–Trinajstić information content (AvgIpc) is 2.99. The Balaban J connectivity index is 2.51. The first-order valence-electron chi connectivity index (χ1n) is 6.69. The van der Waals surface area contributed by atoms with Crippen LogP contribution in [-0.2, 0) is 6.54 Å². The summed E-state index contributed by atoms with van der Waals surface area (Å²) in [5, 5.41) is 3.23. The molecule has 0 aliphatic heterocycles. The number of nitrogens with one attached hydrogen (secondary N) is 1. The molecule has 0 unspecified atom stereocenters. The molecule has 0 spiro atoms. The number of methoxy groups -OCH3 is 3. The normalized spacial score (nSPS) is 10.5. The van der Waals surface area contributed by atoms with Gasteiger partial charge in [0.2, 0.25) is 5.75 Å². The highest BCUT2D eigenvalue weighted by Gasteiger charge is 2.21. The Morgan fingerprint density at radius 2 is 1.86 bits per heavy atom. The molecule has 0 saturated heterocycles. The van der Waals surface area contributed by atoms with Crippen LogP contribution in [0.5, 0.6) is 17.2 Å². The molecule has 0 bridgehead atoms. The van der Waals surface area contributed by atoms with Gasteiger partial charge >= 0.3 is 0 Å². The number of hydrogen-bond acceptors (Lipinski definition) is 6. The van der Waals surface area contributed by atoms with E-state index in [0.29, 0.717) is 29.6 Å². The van der Waals surface area contributed by atoms with Crippen LogP contribution in [0.3, 0.4) is 0 Å². The molecule has 0 fully saturated rings. The van der Waals surface area contributed by atoms with Crippen molar-refractivity contribution in [2.75, 3.05) is 27.9 Å². The lowest BCUT2D eigenvalue weighted by molar-refractivity contribution is 0.324. The van der Waals surface area contributed by atoms with Gasteiger partial charge in [-0.15, -0.1) is 0 Å². The Morgan fingerprint density at radius 1 is 1.10 bits per heavy atom. The van der Waals surface area contributed by atoms with Crippen LogP contribution < -0.4 is 19.5 Å². The number of benzene rings is 1. The zero-order chi connectivity index (χ0) is 15.2. The van der Waals surface area contributed by atoms with E-state index in [2.05, 4.69) is 10.3 Å². The number of oxazole rings is 1. The van der Waals surface area contributed by atoms with E-state index in [4.69, 9.17) is 18.6 Å². The summed E-state index contributed by atoms with van der Waals surface area (Å²) in [6.07, 6.45) is 1.43. The molecule has 2 aromatic rings. The van der Waals surface area contributed by atoms with Crippen molar-refractivity contribution in [3.63, 3.8) is 0 Å². The third kappa shape index (κ3) is 2.95. The summed E-state index contributed by atoms with van der Waals surface area (Å²) >= 11 is 0. The number of ether oxygens (including phenoxy) is 3. The summed E-state index contributed by atoms with van der Waals surface area (Å²) < 4.78 is 21.7. The molecule has 0 aliphatic rings. The zero-order valence-electron chi connectivity index (χ0n) is 12.7. The van der Waals surface area contributed by atoms with Gasteiger partial charge in [-0.1, -0.05) is 6.92 Å². The quantitative estimate of drug-likeness (QED) is 0.845. The van der Waals surface area contributed by atoms with Crippen molar-refractivity contribution in [1.82, 2.24) is 10.3 Å². The fourth-order valence-electron chi connectivity index (χ4n) is 2.14. The first-order valence-corrected chi connectivity index (χ1v) is 6.69. The zero-order valence-corrected chi connectivity index (χ0v) is 12.7. The minimum Gasteiger partial charge on any atom is -0.493 e. The fraction of sp³-hybridized carbons (Fsp3) is 0.400. The van der Waals surface area contributed by atoms with E-state index in [-0.39, 0.29) is 0 Å².